The summed E-state index contributed by atoms with van der Waals surface area (Å²) >= 11 is 3.80. The van der Waals surface area contributed by atoms with E-state index in [9.17, 15) is 0 Å². The summed E-state index contributed by atoms with van der Waals surface area (Å²) in [5.41, 5.74) is 0. The maximum Gasteiger partial charge on any atom is 0.138 e. The molecular weight excluding hydrogens is 115 g/mol. The zero-order valence-electron chi connectivity index (χ0n) is 3.35. The van der Waals surface area contributed by atoms with Gasteiger partial charge in [0.25, 0.3) is 0 Å². The summed E-state index contributed by atoms with van der Waals surface area (Å²) in [5.74, 6) is 0.778. The highest BCUT2D eigenvalue weighted by Crippen LogP contribution is 1.65. The average Bonchev–Trinajstić information content (AvgIpc) is 1.72. The predicted molar refractivity (Wildman–Crippen MR) is 33.1 cm³/mol. The summed E-state index contributed by atoms with van der Waals surface area (Å²) in [4.78, 5) is 0. The van der Waals surface area contributed by atoms with Crippen molar-refractivity contribution in [2.75, 3.05) is 5.75 Å². The van der Waals surface area contributed by atoms with Crippen molar-refractivity contribution in [3.8, 4) is 0 Å². The maximum atomic E-state index is 8.06. The van der Waals surface area contributed by atoms with Crippen LogP contribution in [0.25, 0.3) is 0 Å². The molecule has 0 bridgehead atoms. The van der Waals surface area contributed by atoms with E-state index in [0.29, 0.717) is 0 Å². The lowest BCUT2D eigenvalue weighted by molar-refractivity contribution is 0.607. The van der Waals surface area contributed by atoms with Crippen LogP contribution in [-0.2, 0) is 4.57 Å². The van der Waals surface area contributed by atoms with Crippen molar-refractivity contribution in [2.45, 2.75) is 0 Å². The van der Waals surface area contributed by atoms with Gasteiger partial charge in [0, 0.05) is 5.75 Å². The van der Waals surface area contributed by atoms with E-state index in [1.807, 2.05) is 0 Å². The monoisotopic (exact) mass is 122 g/mol. The number of hydrogen-bond donors (Lipinski definition) is 1. The van der Waals surface area contributed by atoms with E-state index in [4.69, 9.17) is 4.57 Å². The van der Waals surface area contributed by atoms with Gasteiger partial charge in [0.2, 0.25) is 0 Å². The summed E-state index contributed by atoms with van der Waals surface area (Å²) in [7, 11) is 1.72. The Labute approximate surface area is 45.5 Å². The molecule has 0 fully saturated rings. The zero-order valence-corrected chi connectivity index (χ0v) is 5.24. The Hall–Kier alpha value is 0.190. The summed E-state index contributed by atoms with van der Waals surface area (Å²) in [6.07, 6.45) is 1.74. The molecule has 0 amide bonds. The SMILES string of the molecule is C=CCS.O=P. The molecule has 3 heteroatoms. The predicted octanol–water partition coefficient (Wildman–Crippen LogP) is 1.58. The van der Waals surface area contributed by atoms with Crippen molar-refractivity contribution in [2.24, 2.45) is 0 Å². The van der Waals surface area contributed by atoms with E-state index in [1.165, 1.54) is 0 Å². The van der Waals surface area contributed by atoms with Gasteiger partial charge in [0.1, 0.15) is 9.12 Å². The van der Waals surface area contributed by atoms with Crippen molar-refractivity contribution in [1.29, 1.82) is 0 Å². The Morgan fingerprint density at radius 1 is 1.83 bits per heavy atom. The highest BCUT2D eigenvalue weighted by Gasteiger charge is 1.45. The van der Waals surface area contributed by atoms with Gasteiger partial charge in [-0.2, -0.15) is 12.6 Å². The number of thiol groups is 1. The minimum absolute atomic E-state index is 0.778. The van der Waals surface area contributed by atoms with Gasteiger partial charge < -0.3 is 0 Å². The summed E-state index contributed by atoms with van der Waals surface area (Å²) in [5, 5.41) is 0. The lowest BCUT2D eigenvalue weighted by atomic mass is 10.8. The molecule has 0 heterocycles. The molecule has 0 unspecified atom stereocenters. The van der Waals surface area contributed by atoms with Crippen molar-refractivity contribution < 1.29 is 4.57 Å². The van der Waals surface area contributed by atoms with Crippen LogP contribution in [0, 0.1) is 0 Å². The maximum absolute atomic E-state index is 8.06. The summed E-state index contributed by atoms with van der Waals surface area (Å²) in [6.45, 7) is 3.40. The van der Waals surface area contributed by atoms with Crippen LogP contribution >= 0.6 is 21.7 Å². The van der Waals surface area contributed by atoms with Crippen LogP contribution in [0.3, 0.4) is 0 Å². The van der Waals surface area contributed by atoms with Gasteiger partial charge in [0.05, 0.1) is 0 Å². The topological polar surface area (TPSA) is 17.1 Å². The van der Waals surface area contributed by atoms with Gasteiger partial charge >= 0.3 is 0 Å². The van der Waals surface area contributed by atoms with Crippen LogP contribution in [0.2, 0.25) is 0 Å². The molecule has 0 radical (unpaired) electrons. The first kappa shape index (κ1) is 9.50. The van der Waals surface area contributed by atoms with Crippen LogP contribution in [0.5, 0.6) is 0 Å². The molecule has 0 atom stereocenters. The van der Waals surface area contributed by atoms with E-state index >= 15 is 0 Å². The average molecular weight is 122 g/mol. The minimum Gasteiger partial charge on any atom is -0.279 e. The lowest BCUT2D eigenvalue weighted by Crippen LogP contribution is -1.45. The van der Waals surface area contributed by atoms with Gasteiger partial charge in [-0.3, -0.25) is 4.57 Å². The molecule has 0 aromatic rings. The third-order valence-corrected chi connectivity index (χ3v) is 0.387. The van der Waals surface area contributed by atoms with E-state index in [1.54, 1.807) is 15.2 Å². The van der Waals surface area contributed by atoms with Crippen molar-refractivity contribution >= 4 is 21.7 Å². The van der Waals surface area contributed by atoms with Gasteiger partial charge in [0.15, 0.2) is 0 Å². The van der Waals surface area contributed by atoms with Gasteiger partial charge in [-0.1, -0.05) is 6.08 Å². The van der Waals surface area contributed by atoms with Crippen molar-refractivity contribution in [3.05, 3.63) is 12.7 Å². The Kier molecular flexibility index (Phi) is 30.1. The van der Waals surface area contributed by atoms with Crippen LogP contribution in [0.15, 0.2) is 12.7 Å². The first-order chi connectivity index (χ1) is 2.91. The third kappa shape index (κ3) is 30.1. The molecular formula is C3H7OPS. The first-order valence-electron chi connectivity index (χ1n) is 1.34. The Morgan fingerprint density at radius 3 is 2.00 bits per heavy atom. The molecule has 6 heavy (non-hydrogen) atoms. The largest absolute Gasteiger partial charge is 0.279 e. The van der Waals surface area contributed by atoms with E-state index in [-0.39, 0.29) is 0 Å². The van der Waals surface area contributed by atoms with E-state index in [2.05, 4.69) is 19.2 Å². The van der Waals surface area contributed by atoms with E-state index < -0.39 is 0 Å². The molecule has 0 aliphatic carbocycles. The molecule has 0 saturated carbocycles. The van der Waals surface area contributed by atoms with Crippen LogP contribution < -0.4 is 0 Å². The molecule has 0 aromatic carbocycles. The highest BCUT2D eigenvalue weighted by molar-refractivity contribution is 7.80. The van der Waals surface area contributed by atoms with Crippen molar-refractivity contribution in [3.63, 3.8) is 0 Å². The Bertz CT molecular complexity index is 32.0. The lowest BCUT2D eigenvalue weighted by Gasteiger charge is -1.57. The minimum atomic E-state index is 0.778. The molecule has 0 N–H and O–H groups in total. The second-order valence-electron chi connectivity index (χ2n) is 0.471. The number of rotatable bonds is 1. The first-order valence-corrected chi connectivity index (χ1v) is 2.38. The number of hydrogen-bond acceptors (Lipinski definition) is 2. The Morgan fingerprint density at radius 2 is 2.00 bits per heavy atom. The third-order valence-electron chi connectivity index (χ3n) is 0.129. The molecule has 0 spiro atoms. The highest BCUT2D eigenvalue weighted by atomic mass is 32.1. The smallest absolute Gasteiger partial charge is 0.138 e. The summed E-state index contributed by atoms with van der Waals surface area (Å²) in [6, 6.07) is 0. The quantitative estimate of drug-likeness (QED) is 0.317. The molecule has 0 aliphatic rings. The van der Waals surface area contributed by atoms with Crippen LogP contribution in [0.4, 0.5) is 0 Å². The standard InChI is InChI=1S/C3H6S.HOP/c1-2-3-4;1-2/h2,4H,1,3H2;2H. The fourth-order valence-corrected chi connectivity index (χ4v) is 0. The second kappa shape index (κ2) is 19.0. The fraction of sp³-hybridized carbons (Fsp3) is 0.333. The normalized spacial score (nSPS) is 4.83. The van der Waals surface area contributed by atoms with Gasteiger partial charge in [-0.05, 0) is 0 Å². The van der Waals surface area contributed by atoms with Gasteiger partial charge in [-0.25, -0.2) is 0 Å². The molecule has 0 saturated heterocycles. The van der Waals surface area contributed by atoms with E-state index in [0.717, 1.165) is 5.75 Å². The summed E-state index contributed by atoms with van der Waals surface area (Å²) < 4.78 is 8.06. The van der Waals surface area contributed by atoms with Crippen molar-refractivity contribution in [1.82, 2.24) is 0 Å². The van der Waals surface area contributed by atoms with Crippen LogP contribution in [-0.4, -0.2) is 5.75 Å². The molecule has 1 nitrogen and oxygen atoms in total. The molecule has 0 aliphatic heterocycles. The zero-order chi connectivity index (χ0) is 5.41. The molecule has 0 rings (SSSR count). The second-order valence-corrected chi connectivity index (χ2v) is 0.836. The van der Waals surface area contributed by atoms with Gasteiger partial charge in [-0.15, -0.1) is 6.58 Å². The Balaban J connectivity index is 0. The fourth-order valence-electron chi connectivity index (χ4n) is 0. The molecule has 0 aromatic heterocycles. The van der Waals surface area contributed by atoms with Crippen LogP contribution in [0.1, 0.15) is 0 Å². The molecule has 36 valence electrons.